The number of aromatic nitrogens is 4. The molecule has 3 aromatic rings. The van der Waals surface area contributed by atoms with Gasteiger partial charge in [0.05, 0.1) is 0 Å². The van der Waals surface area contributed by atoms with Crippen molar-refractivity contribution in [2.75, 3.05) is 0 Å². The van der Waals surface area contributed by atoms with Crippen LogP contribution in [0.2, 0.25) is 0 Å². The number of rotatable bonds is 1. The molecule has 1 aromatic carbocycles. The van der Waals surface area contributed by atoms with Gasteiger partial charge in [0, 0.05) is 0 Å². The molecule has 138 valence electrons. The predicted octanol–water partition coefficient (Wildman–Crippen LogP) is 5.11. The van der Waals surface area contributed by atoms with Crippen LogP contribution in [-0.4, -0.2) is 20.2 Å². The van der Waals surface area contributed by atoms with Crippen molar-refractivity contribution in [3.05, 3.63) is 64.7 Å². The summed E-state index contributed by atoms with van der Waals surface area (Å²) in [6.45, 7) is 15.0. The maximum Gasteiger partial charge on any atom is 2.00 e. The zero-order valence-corrected chi connectivity index (χ0v) is 19.7. The molecule has 0 saturated carbocycles. The minimum atomic E-state index is 0. The van der Waals surface area contributed by atoms with E-state index in [1.165, 1.54) is 40.6 Å². The first-order chi connectivity index (χ1) is 11.9. The Bertz CT molecular complexity index is 727. The smallest absolute Gasteiger partial charge is 0.394 e. The average Bonchev–Trinajstić information content (AvgIpc) is 3.15. The van der Waals surface area contributed by atoms with Gasteiger partial charge < -0.3 is 4.98 Å². The van der Waals surface area contributed by atoms with Gasteiger partial charge in [-0.2, -0.15) is 51.1 Å². The number of aryl methyl sites for hydroxylation is 2. The molecule has 0 radical (unpaired) electrons. The first kappa shape index (κ1) is 24.2. The maximum absolute atomic E-state index is 3.97. The largest absolute Gasteiger partial charge is 2.00 e. The molecule has 0 spiro atoms. The summed E-state index contributed by atoms with van der Waals surface area (Å²) < 4.78 is 0. The fraction of sp³-hybridized carbons (Fsp3) is 0.381. The fourth-order valence-electron chi connectivity index (χ4n) is 2.12. The SMILES string of the molecule is CCC.Cc1[c-]c(C)c(C)c(C)c1C.[W+2].[c-]1ccc(-c2ncn[nH]2)cn1. The van der Waals surface area contributed by atoms with Crippen molar-refractivity contribution in [3.63, 3.8) is 0 Å². The van der Waals surface area contributed by atoms with Crippen molar-refractivity contribution in [3.8, 4) is 11.4 Å². The van der Waals surface area contributed by atoms with Crippen LogP contribution in [0.3, 0.4) is 0 Å². The summed E-state index contributed by atoms with van der Waals surface area (Å²) >= 11 is 0. The van der Waals surface area contributed by atoms with Gasteiger partial charge in [0.1, 0.15) is 12.2 Å². The topological polar surface area (TPSA) is 54.5 Å². The van der Waals surface area contributed by atoms with E-state index in [-0.39, 0.29) is 21.1 Å². The average molecular weight is 520 g/mol. The van der Waals surface area contributed by atoms with E-state index in [0.717, 1.165) is 11.4 Å². The molecular formula is C21H28N4W. The molecule has 0 unspecified atom stereocenters. The van der Waals surface area contributed by atoms with Crippen molar-refractivity contribution < 1.29 is 21.1 Å². The normalized spacial score (nSPS) is 9.19. The Kier molecular flexibility index (Phi) is 11.7. The summed E-state index contributed by atoms with van der Waals surface area (Å²) in [5, 5.41) is 6.46. The molecule has 4 nitrogen and oxygen atoms in total. The van der Waals surface area contributed by atoms with E-state index >= 15 is 0 Å². The van der Waals surface area contributed by atoms with Gasteiger partial charge in [-0.1, -0.05) is 72.8 Å². The molecule has 5 heteroatoms. The van der Waals surface area contributed by atoms with E-state index < -0.39 is 0 Å². The molecule has 0 bridgehead atoms. The van der Waals surface area contributed by atoms with Crippen LogP contribution in [0.15, 0.2) is 24.7 Å². The summed E-state index contributed by atoms with van der Waals surface area (Å²) in [6.07, 6.45) is 7.08. The number of aromatic amines is 1. The van der Waals surface area contributed by atoms with Gasteiger partial charge >= 0.3 is 21.1 Å². The second kappa shape index (κ2) is 12.5. The van der Waals surface area contributed by atoms with Crippen molar-refractivity contribution >= 4 is 0 Å². The number of hydrogen-bond donors (Lipinski definition) is 1. The van der Waals surface area contributed by atoms with Crippen LogP contribution in [0.5, 0.6) is 0 Å². The Morgan fingerprint density at radius 1 is 0.962 bits per heavy atom. The molecule has 0 aliphatic rings. The van der Waals surface area contributed by atoms with Gasteiger partial charge in [-0.15, -0.1) is 0 Å². The predicted molar refractivity (Wildman–Crippen MR) is 103 cm³/mol. The zero-order chi connectivity index (χ0) is 18.8. The number of pyridine rings is 1. The van der Waals surface area contributed by atoms with Crippen LogP contribution < -0.4 is 0 Å². The first-order valence-electron chi connectivity index (χ1n) is 8.56. The zero-order valence-electron chi connectivity index (χ0n) is 16.8. The second-order valence-corrected chi connectivity index (χ2v) is 5.97. The van der Waals surface area contributed by atoms with Crippen LogP contribution in [0.4, 0.5) is 0 Å². The van der Waals surface area contributed by atoms with Crippen LogP contribution in [-0.2, 0) is 21.1 Å². The Morgan fingerprint density at radius 3 is 1.96 bits per heavy atom. The van der Waals surface area contributed by atoms with Crippen LogP contribution in [0.1, 0.15) is 48.1 Å². The summed E-state index contributed by atoms with van der Waals surface area (Å²) in [5.41, 5.74) is 7.66. The molecule has 0 saturated heterocycles. The van der Waals surface area contributed by atoms with Gasteiger partial charge in [-0.3, -0.25) is 5.10 Å². The minimum absolute atomic E-state index is 0. The molecule has 0 aliphatic carbocycles. The van der Waals surface area contributed by atoms with Gasteiger partial charge in [0.25, 0.3) is 0 Å². The van der Waals surface area contributed by atoms with E-state index in [4.69, 9.17) is 0 Å². The molecule has 2 aromatic heterocycles. The van der Waals surface area contributed by atoms with Crippen molar-refractivity contribution in [2.45, 2.75) is 54.9 Å². The molecule has 26 heavy (non-hydrogen) atoms. The van der Waals surface area contributed by atoms with Gasteiger partial charge in [0.2, 0.25) is 0 Å². The number of H-pyrrole nitrogens is 1. The number of nitrogens with one attached hydrogen (secondary N) is 1. The standard InChI is InChI=1S/C11H15.C7H5N4.C3H8.W/c1-7-6-8(2)10(4)11(5)9(7)3;1-2-6(4-8-3-1)7-9-5-10-11-7;1-3-2;/h1-5H3;1-2,4-5H,(H,9,10,11);3H2,1-2H3;/q2*-1;;+2. The fourth-order valence-corrected chi connectivity index (χ4v) is 2.12. The first-order valence-corrected chi connectivity index (χ1v) is 8.56. The Labute approximate surface area is 172 Å². The third-order valence-electron chi connectivity index (χ3n) is 3.93. The summed E-state index contributed by atoms with van der Waals surface area (Å²) in [5.74, 6) is 0.728. The molecule has 2 heterocycles. The monoisotopic (exact) mass is 520 g/mol. The molecule has 3 rings (SSSR count). The number of nitrogens with zero attached hydrogens (tertiary/aromatic N) is 3. The van der Waals surface area contributed by atoms with E-state index in [9.17, 15) is 0 Å². The summed E-state index contributed by atoms with van der Waals surface area (Å²) in [6, 6.07) is 6.95. The Hall–Kier alpha value is -1.80. The van der Waals surface area contributed by atoms with Gasteiger partial charge in [-0.25, -0.2) is 4.98 Å². The maximum atomic E-state index is 3.97. The van der Waals surface area contributed by atoms with Crippen molar-refractivity contribution in [1.29, 1.82) is 0 Å². The Balaban J connectivity index is 0.000000405. The van der Waals surface area contributed by atoms with E-state index in [2.05, 4.69) is 80.9 Å². The number of hydrogen-bond acceptors (Lipinski definition) is 3. The molecule has 0 aliphatic heterocycles. The number of benzene rings is 1. The van der Waals surface area contributed by atoms with Crippen LogP contribution in [0.25, 0.3) is 11.4 Å². The summed E-state index contributed by atoms with van der Waals surface area (Å²) in [4.78, 5) is 7.79. The van der Waals surface area contributed by atoms with Crippen molar-refractivity contribution in [2.24, 2.45) is 0 Å². The minimum Gasteiger partial charge on any atom is -0.394 e. The summed E-state index contributed by atoms with van der Waals surface area (Å²) in [7, 11) is 0. The van der Waals surface area contributed by atoms with Gasteiger partial charge in [0.15, 0.2) is 0 Å². The molecular weight excluding hydrogens is 492 g/mol. The van der Waals surface area contributed by atoms with Gasteiger partial charge in [-0.05, 0) is 0 Å². The van der Waals surface area contributed by atoms with Crippen molar-refractivity contribution in [1.82, 2.24) is 20.2 Å². The van der Waals surface area contributed by atoms with Crippen LogP contribution >= 0.6 is 0 Å². The third-order valence-corrected chi connectivity index (χ3v) is 3.93. The van der Waals surface area contributed by atoms with E-state index in [1.54, 1.807) is 12.3 Å². The Morgan fingerprint density at radius 2 is 1.54 bits per heavy atom. The molecule has 0 amide bonds. The second-order valence-electron chi connectivity index (χ2n) is 5.97. The molecule has 0 fully saturated rings. The molecule has 1 N–H and O–H groups in total. The van der Waals surface area contributed by atoms with Crippen LogP contribution in [0, 0.1) is 46.9 Å². The van der Waals surface area contributed by atoms with E-state index in [0.29, 0.717) is 0 Å². The molecule has 0 atom stereocenters. The third kappa shape index (κ3) is 7.21. The van der Waals surface area contributed by atoms with E-state index in [1.807, 2.05) is 6.07 Å². The quantitative estimate of drug-likeness (QED) is 0.454.